The first-order valence-electron chi connectivity index (χ1n) is 6.00. The second kappa shape index (κ2) is 6.33. The molecule has 1 atom stereocenters. The summed E-state index contributed by atoms with van der Waals surface area (Å²) in [7, 11) is 0. The van der Waals surface area contributed by atoms with Gasteiger partial charge >= 0.3 is 5.97 Å². The number of ether oxygens (including phenoxy) is 1. The van der Waals surface area contributed by atoms with Crippen molar-refractivity contribution in [2.75, 3.05) is 6.61 Å². The number of carbonyl (C=O) groups excluding carboxylic acids is 3. The van der Waals surface area contributed by atoms with Crippen molar-refractivity contribution in [3.63, 3.8) is 0 Å². The van der Waals surface area contributed by atoms with Crippen LogP contribution in [-0.4, -0.2) is 24.1 Å². The van der Waals surface area contributed by atoms with Gasteiger partial charge in [-0.1, -0.05) is 19.4 Å². The molecule has 1 aliphatic carbocycles. The largest absolute Gasteiger partial charge is 0.460 e. The van der Waals surface area contributed by atoms with Gasteiger partial charge in [-0.3, -0.25) is 9.59 Å². The Morgan fingerprint density at radius 3 is 2.71 bits per heavy atom. The highest BCUT2D eigenvalue weighted by atomic mass is 16.5. The molecule has 0 heterocycles. The summed E-state index contributed by atoms with van der Waals surface area (Å²) >= 11 is 0. The Bertz CT molecular complexity index is 343. The molecule has 0 aliphatic heterocycles. The molecule has 0 N–H and O–H groups in total. The summed E-state index contributed by atoms with van der Waals surface area (Å²) in [4.78, 5) is 35.0. The zero-order valence-electron chi connectivity index (χ0n) is 10.2. The van der Waals surface area contributed by atoms with E-state index < -0.39 is 17.7 Å². The van der Waals surface area contributed by atoms with Crippen molar-refractivity contribution in [2.24, 2.45) is 5.92 Å². The number of allylic oxidation sites excluding steroid dienone is 1. The van der Waals surface area contributed by atoms with E-state index in [0.29, 0.717) is 18.4 Å². The highest BCUT2D eigenvalue weighted by molar-refractivity contribution is 6.39. The normalized spacial score (nSPS) is 21.6. The van der Waals surface area contributed by atoms with E-state index in [9.17, 15) is 14.4 Å². The summed E-state index contributed by atoms with van der Waals surface area (Å²) in [5.41, 5.74) is 0.451. The predicted octanol–water partition coefficient (Wildman–Crippen LogP) is 1.82. The van der Waals surface area contributed by atoms with E-state index in [1.54, 1.807) is 6.92 Å². The molecule has 1 fully saturated rings. The quantitative estimate of drug-likeness (QED) is 0.326. The van der Waals surface area contributed by atoms with Gasteiger partial charge in [0.1, 0.15) is 0 Å². The zero-order chi connectivity index (χ0) is 12.8. The monoisotopic (exact) mass is 238 g/mol. The fourth-order valence-electron chi connectivity index (χ4n) is 1.96. The van der Waals surface area contributed by atoms with E-state index in [-0.39, 0.29) is 12.4 Å². The predicted molar refractivity (Wildman–Crippen MR) is 62.4 cm³/mol. The van der Waals surface area contributed by atoms with Gasteiger partial charge in [-0.15, -0.1) is 0 Å². The third-order valence-corrected chi connectivity index (χ3v) is 2.93. The molecule has 0 saturated heterocycles. The van der Waals surface area contributed by atoms with E-state index in [2.05, 4.69) is 11.3 Å². The molecule has 0 amide bonds. The van der Waals surface area contributed by atoms with Crippen LogP contribution in [0.4, 0.5) is 0 Å². The minimum Gasteiger partial charge on any atom is -0.460 e. The standard InChI is InChI=1S/C13H18O4/c1-3-17-13(16)12(15)10-8-6-4-5-7-9(2)11(10)14/h10H,2-8H2,1H3. The Balaban J connectivity index is 2.77. The van der Waals surface area contributed by atoms with Crippen molar-refractivity contribution in [1.82, 2.24) is 0 Å². The van der Waals surface area contributed by atoms with Crippen molar-refractivity contribution < 1.29 is 19.1 Å². The zero-order valence-corrected chi connectivity index (χ0v) is 10.2. The van der Waals surface area contributed by atoms with E-state index >= 15 is 0 Å². The molecule has 1 saturated carbocycles. The van der Waals surface area contributed by atoms with Crippen LogP contribution in [0.3, 0.4) is 0 Å². The molecular formula is C13H18O4. The molecule has 1 aliphatic rings. The average Bonchev–Trinajstić information content (AvgIpc) is 2.30. The maximum absolute atomic E-state index is 11.9. The van der Waals surface area contributed by atoms with Crippen LogP contribution in [0.2, 0.25) is 0 Å². The van der Waals surface area contributed by atoms with Crippen molar-refractivity contribution in [2.45, 2.75) is 39.0 Å². The fraction of sp³-hybridized carbons (Fsp3) is 0.615. The van der Waals surface area contributed by atoms with Crippen molar-refractivity contribution >= 4 is 17.5 Å². The van der Waals surface area contributed by atoms with Crippen LogP contribution in [0.5, 0.6) is 0 Å². The maximum Gasteiger partial charge on any atom is 0.375 e. The van der Waals surface area contributed by atoms with E-state index in [1.165, 1.54) is 0 Å². The number of ketones is 2. The molecule has 94 valence electrons. The molecule has 17 heavy (non-hydrogen) atoms. The first-order chi connectivity index (χ1) is 8.07. The molecule has 0 aromatic rings. The van der Waals surface area contributed by atoms with Crippen LogP contribution >= 0.6 is 0 Å². The van der Waals surface area contributed by atoms with Crippen LogP contribution < -0.4 is 0 Å². The van der Waals surface area contributed by atoms with Crippen LogP contribution in [0.25, 0.3) is 0 Å². The van der Waals surface area contributed by atoms with Crippen LogP contribution in [0.1, 0.15) is 39.0 Å². The minimum atomic E-state index is -0.903. The lowest BCUT2D eigenvalue weighted by Crippen LogP contribution is -2.33. The molecule has 4 nitrogen and oxygen atoms in total. The number of hydrogen-bond donors (Lipinski definition) is 0. The number of carbonyl (C=O) groups is 3. The van der Waals surface area contributed by atoms with Gasteiger partial charge in [-0.25, -0.2) is 4.79 Å². The Morgan fingerprint density at radius 2 is 2.06 bits per heavy atom. The van der Waals surface area contributed by atoms with Crippen molar-refractivity contribution in [1.29, 1.82) is 0 Å². The lowest BCUT2D eigenvalue weighted by Gasteiger charge is -2.18. The molecule has 0 aromatic heterocycles. The van der Waals surface area contributed by atoms with Gasteiger partial charge in [0.05, 0.1) is 12.5 Å². The topological polar surface area (TPSA) is 60.4 Å². The second-order valence-corrected chi connectivity index (χ2v) is 4.20. The first-order valence-corrected chi connectivity index (χ1v) is 6.00. The van der Waals surface area contributed by atoms with Crippen LogP contribution in [-0.2, 0) is 19.1 Å². The Kier molecular flexibility index (Phi) is 5.07. The van der Waals surface area contributed by atoms with Gasteiger partial charge in [-0.2, -0.15) is 0 Å². The number of Topliss-reactive ketones (excluding diaryl/α,β-unsaturated/α-hetero) is 2. The smallest absolute Gasteiger partial charge is 0.375 e. The van der Waals surface area contributed by atoms with E-state index in [1.807, 2.05) is 0 Å². The molecule has 4 heteroatoms. The maximum atomic E-state index is 11.9. The molecule has 0 aromatic carbocycles. The minimum absolute atomic E-state index is 0.145. The molecule has 1 rings (SSSR count). The van der Waals surface area contributed by atoms with Crippen molar-refractivity contribution in [3.8, 4) is 0 Å². The highest BCUT2D eigenvalue weighted by Crippen LogP contribution is 2.23. The highest BCUT2D eigenvalue weighted by Gasteiger charge is 2.33. The van der Waals surface area contributed by atoms with Gasteiger partial charge in [0.2, 0.25) is 0 Å². The first kappa shape index (κ1) is 13.6. The second-order valence-electron chi connectivity index (χ2n) is 4.20. The summed E-state index contributed by atoms with van der Waals surface area (Å²) in [6.45, 7) is 5.46. The Hall–Kier alpha value is -1.45. The van der Waals surface area contributed by atoms with Crippen LogP contribution in [0, 0.1) is 5.92 Å². The van der Waals surface area contributed by atoms with Gasteiger partial charge in [0.15, 0.2) is 5.78 Å². The molecular weight excluding hydrogens is 220 g/mol. The molecule has 1 unspecified atom stereocenters. The van der Waals surface area contributed by atoms with Gasteiger partial charge in [0, 0.05) is 0 Å². The summed E-state index contributed by atoms with van der Waals surface area (Å²) < 4.78 is 4.64. The SMILES string of the molecule is C=C1CCCCCC(C(=O)C(=O)OCC)C1=O. The Morgan fingerprint density at radius 1 is 1.35 bits per heavy atom. The number of rotatable bonds is 3. The average molecular weight is 238 g/mol. The number of hydrogen-bond acceptors (Lipinski definition) is 4. The van der Waals surface area contributed by atoms with Crippen LogP contribution in [0.15, 0.2) is 12.2 Å². The fourth-order valence-corrected chi connectivity index (χ4v) is 1.96. The van der Waals surface area contributed by atoms with E-state index in [4.69, 9.17) is 0 Å². The molecule has 0 radical (unpaired) electrons. The van der Waals surface area contributed by atoms with Crippen molar-refractivity contribution in [3.05, 3.63) is 12.2 Å². The Labute approximate surface area is 101 Å². The lowest BCUT2D eigenvalue weighted by atomic mass is 9.85. The number of esters is 1. The third kappa shape index (κ3) is 3.51. The summed E-state index contributed by atoms with van der Waals surface area (Å²) in [5, 5.41) is 0. The molecule has 0 bridgehead atoms. The summed E-state index contributed by atoms with van der Waals surface area (Å²) in [6, 6.07) is 0. The third-order valence-electron chi connectivity index (χ3n) is 2.93. The van der Waals surface area contributed by atoms with Gasteiger partial charge in [-0.05, 0) is 31.8 Å². The van der Waals surface area contributed by atoms with Gasteiger partial charge in [0.25, 0.3) is 5.78 Å². The summed E-state index contributed by atoms with van der Waals surface area (Å²) in [6.07, 6.45) is 3.71. The lowest BCUT2D eigenvalue weighted by molar-refractivity contribution is -0.156. The summed E-state index contributed by atoms with van der Waals surface area (Å²) in [5.74, 6) is -2.79. The molecule has 0 spiro atoms. The van der Waals surface area contributed by atoms with Gasteiger partial charge < -0.3 is 4.74 Å². The van der Waals surface area contributed by atoms with E-state index in [0.717, 1.165) is 19.3 Å².